The summed E-state index contributed by atoms with van der Waals surface area (Å²) in [5.74, 6) is 3.40. The molecule has 0 radical (unpaired) electrons. The number of benzene rings is 1. The molecule has 2 saturated heterocycles. The zero-order chi connectivity index (χ0) is 31.8. The van der Waals surface area contributed by atoms with Gasteiger partial charge in [-0.2, -0.15) is 5.26 Å². The number of fused-ring (bicyclic) bond motifs is 4. The fourth-order valence-corrected chi connectivity index (χ4v) is 8.12. The molecule has 12 heteroatoms. The minimum absolute atomic E-state index is 0.0104. The Balaban J connectivity index is 1.14. The van der Waals surface area contributed by atoms with E-state index in [1.54, 1.807) is 13.3 Å². The fourth-order valence-electron chi connectivity index (χ4n) is 8.12. The lowest BCUT2D eigenvalue weighted by Gasteiger charge is -2.40. The average molecular weight is 629 g/mol. The average Bonchev–Trinajstić information content (AvgIpc) is 3.44. The smallest absolute Gasteiger partial charge is 0.254 e. The third-order valence-corrected chi connectivity index (χ3v) is 10.7. The van der Waals surface area contributed by atoms with Gasteiger partial charge < -0.3 is 29.4 Å². The number of aromatic nitrogens is 6. The maximum atomic E-state index is 13.9. The summed E-state index contributed by atoms with van der Waals surface area (Å²) in [4.78, 5) is 36.5. The van der Waals surface area contributed by atoms with Crippen LogP contribution >= 0.6 is 0 Å². The van der Waals surface area contributed by atoms with Gasteiger partial charge >= 0.3 is 0 Å². The van der Waals surface area contributed by atoms with E-state index in [0.717, 1.165) is 66.1 Å². The number of ether oxygens (including phenoxy) is 1. The molecule has 4 aromatic heterocycles. The zero-order valence-electron chi connectivity index (χ0n) is 26.3. The largest absolute Gasteiger partial charge is 0.494 e. The molecule has 2 aliphatic heterocycles. The molecule has 2 saturated carbocycles. The van der Waals surface area contributed by atoms with Crippen molar-refractivity contribution >= 4 is 33.8 Å². The Labute approximate surface area is 271 Å². The highest BCUT2D eigenvalue weighted by molar-refractivity contribution is 6.00. The Morgan fingerprint density at radius 1 is 1.06 bits per heavy atom. The van der Waals surface area contributed by atoms with Gasteiger partial charge in [0.05, 0.1) is 24.5 Å². The summed E-state index contributed by atoms with van der Waals surface area (Å²) in [5.41, 5.74) is 11.1. The number of nitriles is 1. The molecule has 3 atom stereocenters. The summed E-state index contributed by atoms with van der Waals surface area (Å²) in [6.45, 7) is 3.76. The lowest BCUT2D eigenvalue weighted by atomic mass is 9.99. The van der Waals surface area contributed by atoms with Crippen LogP contribution in [0.5, 0.6) is 5.75 Å². The van der Waals surface area contributed by atoms with E-state index in [-0.39, 0.29) is 23.9 Å². The van der Waals surface area contributed by atoms with Gasteiger partial charge in [-0.25, -0.2) is 19.9 Å². The van der Waals surface area contributed by atoms with Gasteiger partial charge in [0.25, 0.3) is 5.91 Å². The van der Waals surface area contributed by atoms with Gasteiger partial charge in [-0.1, -0.05) is 0 Å². The fraction of sp³-hybridized carbons (Fsp3) is 0.429. The summed E-state index contributed by atoms with van der Waals surface area (Å²) >= 11 is 0. The van der Waals surface area contributed by atoms with Gasteiger partial charge in [-0.3, -0.25) is 4.79 Å². The molecule has 4 fully saturated rings. The van der Waals surface area contributed by atoms with E-state index in [1.165, 1.54) is 19.2 Å². The number of amides is 1. The Kier molecular flexibility index (Phi) is 6.47. The number of carbonyl (C=O) groups excluding carboxylic acids is 1. The van der Waals surface area contributed by atoms with Crippen molar-refractivity contribution in [3.8, 4) is 23.3 Å². The van der Waals surface area contributed by atoms with Crippen molar-refractivity contribution in [1.82, 2.24) is 34.0 Å². The van der Waals surface area contributed by atoms with Crippen molar-refractivity contribution in [3.05, 3.63) is 60.2 Å². The Morgan fingerprint density at radius 3 is 2.66 bits per heavy atom. The van der Waals surface area contributed by atoms with Crippen molar-refractivity contribution in [2.75, 3.05) is 31.6 Å². The molecule has 2 N–H and O–H groups in total. The van der Waals surface area contributed by atoms with Gasteiger partial charge in [0.2, 0.25) is 0 Å². The van der Waals surface area contributed by atoms with E-state index in [1.807, 2.05) is 29.3 Å². The van der Waals surface area contributed by atoms with Crippen LogP contribution in [0.3, 0.4) is 0 Å². The Bertz CT molecular complexity index is 2090. The van der Waals surface area contributed by atoms with Crippen molar-refractivity contribution in [2.45, 2.75) is 50.9 Å². The number of likely N-dealkylation sites (tertiary alicyclic amines) is 1. The first-order chi connectivity index (χ1) is 23.0. The van der Waals surface area contributed by atoms with Crippen LogP contribution in [0.1, 0.15) is 41.6 Å². The lowest BCUT2D eigenvalue weighted by molar-refractivity contribution is 0.0700. The normalized spacial score (nSPS) is 22.3. The molecule has 2 bridgehead atoms. The van der Waals surface area contributed by atoms with Gasteiger partial charge in [-0.05, 0) is 67.9 Å². The van der Waals surface area contributed by atoms with Gasteiger partial charge in [0.15, 0.2) is 5.82 Å². The number of pyridine rings is 1. The van der Waals surface area contributed by atoms with E-state index in [9.17, 15) is 10.1 Å². The van der Waals surface area contributed by atoms with Crippen molar-refractivity contribution in [2.24, 2.45) is 23.5 Å². The molecular formula is C35H36N10O2. The summed E-state index contributed by atoms with van der Waals surface area (Å²) in [6, 6.07) is 12.4. The van der Waals surface area contributed by atoms with E-state index in [0.29, 0.717) is 47.6 Å². The highest BCUT2D eigenvalue weighted by Gasteiger charge is 2.47. The number of piperidine rings is 1. The zero-order valence-corrected chi connectivity index (χ0v) is 26.3. The highest BCUT2D eigenvalue weighted by atomic mass is 16.5. The Hall–Kier alpha value is -5.02. The number of hydrogen-bond donors (Lipinski definition) is 1. The molecule has 9 rings (SSSR count). The van der Waals surface area contributed by atoms with E-state index < -0.39 is 0 Å². The standard InChI is InChI=1S/C35H36N10O2/c1-47-29-11-24(35(46)44-18-23-6-7-27(44)30(23)37)9-26-31(29)45(17-21-14-42(15-21)32-25(12-36)13-38-19-40-32)34(41-26)28-10-22-3-2-8-39-33(22)43(28)16-20-4-5-20/h2-3,8-11,13,19-21,23,27,30H,4-7,14-18,37H2,1H3/t23?,27?,30-/m1/s1. The van der Waals surface area contributed by atoms with Crippen LogP contribution in [0, 0.1) is 29.1 Å². The summed E-state index contributed by atoms with van der Waals surface area (Å²) in [6.07, 6.45) is 9.38. The number of hydrogen-bond acceptors (Lipinski definition) is 9. The van der Waals surface area contributed by atoms with Crippen molar-refractivity contribution in [3.63, 3.8) is 0 Å². The first-order valence-corrected chi connectivity index (χ1v) is 16.5. The first-order valence-electron chi connectivity index (χ1n) is 16.5. The second-order valence-corrected chi connectivity index (χ2v) is 13.7. The molecule has 1 aromatic carbocycles. The van der Waals surface area contributed by atoms with E-state index in [2.05, 4.69) is 42.2 Å². The second kappa shape index (κ2) is 10.8. The maximum absolute atomic E-state index is 13.9. The van der Waals surface area contributed by atoms with E-state index in [4.69, 9.17) is 20.4 Å². The molecule has 0 spiro atoms. The monoisotopic (exact) mass is 628 g/mol. The minimum atomic E-state index is -0.0104. The van der Waals surface area contributed by atoms with Gasteiger partial charge in [-0.15, -0.1) is 0 Å². The lowest BCUT2D eigenvalue weighted by Crippen LogP contribution is -2.49. The maximum Gasteiger partial charge on any atom is 0.254 e. The summed E-state index contributed by atoms with van der Waals surface area (Å²) in [5, 5.41) is 10.7. The predicted molar refractivity (Wildman–Crippen MR) is 176 cm³/mol. The molecule has 5 aromatic rings. The molecule has 1 amide bonds. The van der Waals surface area contributed by atoms with E-state index >= 15 is 0 Å². The second-order valence-electron chi connectivity index (χ2n) is 13.7. The number of methoxy groups -OCH3 is 1. The summed E-state index contributed by atoms with van der Waals surface area (Å²) in [7, 11) is 1.66. The number of nitrogens with two attached hydrogens (primary N) is 1. The van der Waals surface area contributed by atoms with Gasteiger partial charge in [0.1, 0.15) is 40.7 Å². The topological polar surface area (TPSA) is 144 Å². The molecule has 47 heavy (non-hydrogen) atoms. The van der Waals surface area contributed by atoms with Crippen LogP contribution in [0.25, 0.3) is 33.6 Å². The van der Waals surface area contributed by atoms with Gasteiger partial charge in [0, 0.05) is 67.9 Å². The number of nitrogens with zero attached hydrogens (tertiary/aromatic N) is 9. The number of imidazole rings is 1. The highest BCUT2D eigenvalue weighted by Crippen LogP contribution is 2.41. The minimum Gasteiger partial charge on any atom is -0.494 e. The quantitative estimate of drug-likeness (QED) is 0.271. The Morgan fingerprint density at radius 2 is 1.91 bits per heavy atom. The van der Waals surface area contributed by atoms with Crippen molar-refractivity contribution in [1.29, 1.82) is 5.26 Å². The van der Waals surface area contributed by atoms with Crippen LogP contribution in [0.4, 0.5) is 5.82 Å². The molecule has 12 nitrogen and oxygen atoms in total. The van der Waals surface area contributed by atoms with Crippen molar-refractivity contribution < 1.29 is 9.53 Å². The number of rotatable bonds is 8. The third kappa shape index (κ3) is 4.55. The molecule has 2 unspecified atom stereocenters. The van der Waals surface area contributed by atoms with Crippen LogP contribution in [0.2, 0.25) is 0 Å². The first kappa shape index (κ1) is 28.2. The van der Waals surface area contributed by atoms with Crippen LogP contribution < -0.4 is 15.4 Å². The molecule has 2 aliphatic carbocycles. The molecule has 238 valence electrons. The van der Waals surface area contributed by atoms with Crippen LogP contribution in [-0.4, -0.2) is 78.7 Å². The number of carbonyl (C=O) groups is 1. The van der Waals surface area contributed by atoms with Crippen LogP contribution in [-0.2, 0) is 13.1 Å². The molecular weight excluding hydrogens is 592 g/mol. The SMILES string of the molecule is COc1cc(C(=O)N2CC3CCC2[C@@H]3N)cc2nc(-c3cc4cccnc4n3CC3CC3)n(CC3CN(c4ncncc4C#N)C3)c12. The summed E-state index contributed by atoms with van der Waals surface area (Å²) < 4.78 is 10.6. The number of anilines is 1. The molecule has 6 heterocycles. The third-order valence-electron chi connectivity index (χ3n) is 10.7. The van der Waals surface area contributed by atoms with Crippen LogP contribution in [0.15, 0.2) is 49.1 Å². The predicted octanol–water partition coefficient (Wildman–Crippen LogP) is 3.83. The molecule has 4 aliphatic rings.